The van der Waals surface area contributed by atoms with E-state index in [9.17, 15) is 14.4 Å². The molecule has 2 aromatic rings. The molecule has 0 atom stereocenters. The van der Waals surface area contributed by atoms with Crippen LogP contribution in [0.25, 0.3) is 0 Å². The molecule has 9 nitrogen and oxygen atoms in total. The van der Waals surface area contributed by atoms with Gasteiger partial charge in [0.15, 0.2) is 0 Å². The summed E-state index contributed by atoms with van der Waals surface area (Å²) in [5.41, 5.74) is 0.241. The van der Waals surface area contributed by atoms with Gasteiger partial charge < -0.3 is 19.7 Å². The number of anilines is 2. The maximum atomic E-state index is 12.8. The summed E-state index contributed by atoms with van der Waals surface area (Å²) in [5, 5.41) is 6.77. The smallest absolute Gasteiger partial charge is 0.292 e. The average molecular weight is 404 g/mol. The van der Waals surface area contributed by atoms with Gasteiger partial charge in [-0.2, -0.15) is 5.10 Å². The van der Waals surface area contributed by atoms with E-state index >= 15 is 0 Å². The van der Waals surface area contributed by atoms with E-state index in [4.69, 9.17) is 9.47 Å². The van der Waals surface area contributed by atoms with Gasteiger partial charge in [0.2, 0.25) is 11.8 Å². The molecule has 0 unspecified atom stereocenters. The maximum absolute atomic E-state index is 12.8. The van der Waals surface area contributed by atoms with Gasteiger partial charge in [-0.1, -0.05) is 0 Å². The van der Waals surface area contributed by atoms with Crippen molar-refractivity contribution in [1.82, 2.24) is 9.78 Å². The molecule has 1 aliphatic rings. The Morgan fingerprint density at radius 1 is 1.29 bits per heavy atom. The number of ether oxygens (including phenoxy) is 2. The number of methoxy groups -OCH3 is 2. The van der Waals surface area contributed by atoms with E-state index in [0.717, 1.165) is 4.68 Å². The Balaban J connectivity index is 1.83. The van der Waals surface area contributed by atoms with Crippen molar-refractivity contribution in [3.05, 3.63) is 34.7 Å². The molecule has 2 amide bonds. The molecule has 28 heavy (non-hydrogen) atoms. The van der Waals surface area contributed by atoms with Crippen LogP contribution in [0.15, 0.2) is 34.1 Å². The Morgan fingerprint density at radius 2 is 2.07 bits per heavy atom. The molecular weight excluding hydrogens is 384 g/mol. The molecule has 0 spiro atoms. The molecule has 0 aliphatic carbocycles. The van der Waals surface area contributed by atoms with E-state index in [1.807, 2.05) is 0 Å². The molecule has 1 aromatic heterocycles. The summed E-state index contributed by atoms with van der Waals surface area (Å²) in [7, 11) is 3.01. The Hall–Kier alpha value is -3.01. The third-order valence-corrected chi connectivity index (χ3v) is 5.20. The van der Waals surface area contributed by atoms with Crippen molar-refractivity contribution in [3.63, 3.8) is 0 Å². The van der Waals surface area contributed by atoms with E-state index in [1.54, 1.807) is 25.1 Å². The number of hydrogen-bond acceptors (Lipinski definition) is 7. The van der Waals surface area contributed by atoms with Crippen LogP contribution in [0, 0.1) is 0 Å². The predicted octanol–water partition coefficient (Wildman–Crippen LogP) is 1.36. The fourth-order valence-electron chi connectivity index (χ4n) is 2.83. The lowest BCUT2D eigenvalue weighted by Gasteiger charge is -2.27. The molecule has 148 valence electrons. The minimum atomic E-state index is -0.475. The van der Waals surface area contributed by atoms with E-state index in [1.165, 1.54) is 37.1 Å². The highest BCUT2D eigenvalue weighted by Crippen LogP contribution is 2.31. The summed E-state index contributed by atoms with van der Waals surface area (Å²) in [5.74, 6) is 0.698. The molecule has 0 fully saturated rings. The SMILES string of the molecule is CCN1C(=O)CSc2cnn(CC(=O)Nc3ccc(OC)cc3OC)c(=O)c21. The second-order valence-electron chi connectivity index (χ2n) is 5.86. The van der Waals surface area contributed by atoms with Crippen LogP contribution in [0.4, 0.5) is 11.4 Å². The standard InChI is InChI=1S/C18H20N4O5S/c1-4-21-16(24)10-28-14-8-19-22(18(25)17(14)21)9-15(23)20-12-6-5-11(26-2)7-13(12)27-3/h5-8H,4,9-10H2,1-3H3,(H,20,23). The first-order valence-electron chi connectivity index (χ1n) is 8.53. The maximum Gasteiger partial charge on any atom is 0.292 e. The van der Waals surface area contributed by atoms with Crippen LogP contribution >= 0.6 is 11.8 Å². The van der Waals surface area contributed by atoms with Crippen LogP contribution in [0.1, 0.15) is 6.92 Å². The molecule has 2 heterocycles. The monoisotopic (exact) mass is 404 g/mol. The van der Waals surface area contributed by atoms with Gasteiger partial charge in [0, 0.05) is 12.6 Å². The summed E-state index contributed by atoms with van der Waals surface area (Å²) in [6.45, 7) is 1.88. The molecule has 1 N–H and O–H groups in total. The summed E-state index contributed by atoms with van der Waals surface area (Å²) in [6.07, 6.45) is 1.51. The number of amides is 2. The number of hydrogen-bond donors (Lipinski definition) is 1. The zero-order valence-electron chi connectivity index (χ0n) is 15.7. The minimum absolute atomic E-state index is 0.137. The second-order valence-corrected chi connectivity index (χ2v) is 6.88. The van der Waals surface area contributed by atoms with Crippen molar-refractivity contribution < 1.29 is 19.1 Å². The summed E-state index contributed by atoms with van der Waals surface area (Å²) < 4.78 is 11.4. The first kappa shape index (κ1) is 19.7. The number of aromatic nitrogens is 2. The lowest BCUT2D eigenvalue weighted by Crippen LogP contribution is -2.42. The van der Waals surface area contributed by atoms with Crippen LogP contribution in [0.3, 0.4) is 0 Å². The van der Waals surface area contributed by atoms with Gasteiger partial charge in [-0.05, 0) is 19.1 Å². The number of carbonyl (C=O) groups excluding carboxylic acids is 2. The zero-order chi connectivity index (χ0) is 20.3. The highest BCUT2D eigenvalue weighted by molar-refractivity contribution is 8.00. The van der Waals surface area contributed by atoms with Crippen molar-refractivity contribution in [1.29, 1.82) is 0 Å². The Bertz CT molecular complexity index is 975. The normalized spacial score (nSPS) is 13.1. The van der Waals surface area contributed by atoms with Gasteiger partial charge in [0.25, 0.3) is 5.56 Å². The highest BCUT2D eigenvalue weighted by atomic mass is 32.2. The van der Waals surface area contributed by atoms with Crippen molar-refractivity contribution in [2.24, 2.45) is 0 Å². The van der Waals surface area contributed by atoms with Gasteiger partial charge in [0.05, 0.1) is 36.8 Å². The van der Waals surface area contributed by atoms with Crippen molar-refractivity contribution in [3.8, 4) is 11.5 Å². The molecule has 3 rings (SSSR count). The number of rotatable bonds is 6. The number of benzene rings is 1. The van der Waals surface area contributed by atoms with E-state index in [0.29, 0.717) is 28.6 Å². The van der Waals surface area contributed by atoms with Crippen molar-refractivity contribution in [2.45, 2.75) is 18.4 Å². The molecule has 0 saturated carbocycles. The lowest BCUT2D eigenvalue weighted by molar-refractivity contribution is -0.117. The minimum Gasteiger partial charge on any atom is -0.497 e. The van der Waals surface area contributed by atoms with Crippen molar-refractivity contribution >= 4 is 35.0 Å². The lowest BCUT2D eigenvalue weighted by atomic mass is 10.2. The summed E-state index contributed by atoms with van der Waals surface area (Å²) in [6, 6.07) is 4.97. The quantitative estimate of drug-likeness (QED) is 0.775. The molecular formula is C18H20N4O5S. The number of fused-ring (bicyclic) bond motifs is 1. The molecule has 0 saturated heterocycles. The van der Waals surface area contributed by atoms with Crippen LogP contribution in [0.5, 0.6) is 11.5 Å². The van der Waals surface area contributed by atoms with Gasteiger partial charge in [-0.15, -0.1) is 11.8 Å². The first-order valence-corrected chi connectivity index (χ1v) is 9.52. The first-order chi connectivity index (χ1) is 13.5. The number of carbonyl (C=O) groups is 2. The van der Waals surface area contributed by atoms with Gasteiger partial charge in [-0.3, -0.25) is 14.4 Å². The fourth-order valence-corrected chi connectivity index (χ4v) is 3.72. The van der Waals surface area contributed by atoms with E-state index in [2.05, 4.69) is 10.4 Å². The zero-order valence-corrected chi connectivity index (χ0v) is 16.5. The average Bonchev–Trinajstić information content (AvgIpc) is 2.70. The molecule has 1 aliphatic heterocycles. The van der Waals surface area contributed by atoms with Gasteiger partial charge >= 0.3 is 0 Å². The number of thioether (sulfide) groups is 1. The van der Waals surface area contributed by atoms with Crippen LogP contribution in [-0.2, 0) is 16.1 Å². The molecule has 0 radical (unpaired) electrons. The van der Waals surface area contributed by atoms with Gasteiger partial charge in [-0.25, -0.2) is 4.68 Å². The van der Waals surface area contributed by atoms with Crippen LogP contribution in [-0.4, -0.2) is 48.1 Å². The third kappa shape index (κ3) is 3.81. The number of nitrogens with one attached hydrogen (secondary N) is 1. The Kier molecular flexibility index (Phi) is 5.88. The van der Waals surface area contributed by atoms with Crippen LogP contribution in [0.2, 0.25) is 0 Å². The van der Waals surface area contributed by atoms with E-state index in [-0.39, 0.29) is 23.9 Å². The Morgan fingerprint density at radius 3 is 2.75 bits per heavy atom. The van der Waals surface area contributed by atoms with Crippen molar-refractivity contribution in [2.75, 3.05) is 36.7 Å². The summed E-state index contributed by atoms with van der Waals surface area (Å²) in [4.78, 5) is 39.4. The second kappa shape index (κ2) is 8.34. The fraction of sp³-hybridized carbons (Fsp3) is 0.333. The molecule has 10 heteroatoms. The highest BCUT2D eigenvalue weighted by Gasteiger charge is 2.28. The predicted molar refractivity (Wildman–Crippen MR) is 105 cm³/mol. The molecule has 1 aromatic carbocycles. The third-order valence-electron chi connectivity index (χ3n) is 4.20. The largest absolute Gasteiger partial charge is 0.497 e. The molecule has 0 bridgehead atoms. The summed E-state index contributed by atoms with van der Waals surface area (Å²) >= 11 is 1.27. The Labute approximate surface area is 165 Å². The van der Waals surface area contributed by atoms with Gasteiger partial charge in [0.1, 0.15) is 23.7 Å². The van der Waals surface area contributed by atoms with E-state index < -0.39 is 11.5 Å². The van der Waals surface area contributed by atoms with Crippen LogP contribution < -0.4 is 25.2 Å². The number of nitrogens with zero attached hydrogens (tertiary/aromatic N) is 3. The topological polar surface area (TPSA) is 103 Å².